The number of ether oxygens (including phenoxy) is 1. The van der Waals surface area contributed by atoms with Gasteiger partial charge in [0.1, 0.15) is 9.53 Å². The van der Waals surface area contributed by atoms with Crippen LogP contribution in [0.1, 0.15) is 23.7 Å². The Labute approximate surface area is 197 Å². The second-order valence-electron chi connectivity index (χ2n) is 7.33. The quantitative estimate of drug-likeness (QED) is 0.0858. The number of anilines is 1. The first-order valence-electron chi connectivity index (χ1n) is 10.1. The predicted octanol–water partition coefficient (Wildman–Crippen LogP) is 3.73. The molecule has 0 amide bonds. The van der Waals surface area contributed by atoms with Crippen molar-refractivity contribution in [3.8, 4) is 0 Å². The summed E-state index contributed by atoms with van der Waals surface area (Å²) < 4.78 is 6.46. The molecule has 9 nitrogen and oxygen atoms in total. The lowest BCUT2D eigenvalue weighted by Crippen LogP contribution is -2.30. The van der Waals surface area contributed by atoms with Crippen LogP contribution in [0.15, 0.2) is 45.4 Å². The molecule has 3 heterocycles. The first kappa shape index (κ1) is 22.7. The standard InChI is InChI=1S/C22H22N6O3S2/c1-5-31-21(30)19(27-26-14-8-6-11(2)7-9-14)33-22-25-16-15-12(3)10-13(4)24-18(15)32-17(16)20(29)28(22)23/h6-10,26H,5,23H2,1-4H3/b27-19+. The van der Waals surface area contributed by atoms with Crippen LogP contribution in [0, 0.1) is 20.8 Å². The number of hydrazone groups is 1. The molecular formula is C22H22N6O3S2. The average Bonchev–Trinajstić information content (AvgIpc) is 3.14. The maximum Gasteiger partial charge on any atom is 0.365 e. The molecule has 0 radical (unpaired) electrons. The van der Waals surface area contributed by atoms with E-state index in [4.69, 9.17) is 10.6 Å². The van der Waals surface area contributed by atoms with Crippen LogP contribution in [0.4, 0.5) is 5.69 Å². The highest BCUT2D eigenvalue weighted by Crippen LogP contribution is 2.33. The van der Waals surface area contributed by atoms with E-state index in [1.54, 1.807) is 6.92 Å². The van der Waals surface area contributed by atoms with Crippen LogP contribution in [0.5, 0.6) is 0 Å². The van der Waals surface area contributed by atoms with Crippen molar-refractivity contribution in [3.63, 3.8) is 0 Å². The number of esters is 1. The number of nitrogen functional groups attached to an aromatic ring is 1. The lowest BCUT2D eigenvalue weighted by molar-refractivity contribution is -0.134. The van der Waals surface area contributed by atoms with E-state index in [-0.39, 0.29) is 16.8 Å². The van der Waals surface area contributed by atoms with Crippen LogP contribution in [0.3, 0.4) is 0 Å². The van der Waals surface area contributed by atoms with Gasteiger partial charge in [0.05, 0.1) is 17.8 Å². The Morgan fingerprint density at radius 1 is 1.24 bits per heavy atom. The van der Waals surface area contributed by atoms with Gasteiger partial charge in [0.25, 0.3) is 5.56 Å². The summed E-state index contributed by atoms with van der Waals surface area (Å²) in [6, 6.07) is 9.45. The second-order valence-corrected chi connectivity index (χ2v) is 9.28. The summed E-state index contributed by atoms with van der Waals surface area (Å²) in [4.78, 5) is 35.4. The smallest absolute Gasteiger partial charge is 0.365 e. The molecule has 0 aliphatic carbocycles. The van der Waals surface area contributed by atoms with Crippen LogP contribution < -0.4 is 16.8 Å². The number of aromatic nitrogens is 3. The number of pyridine rings is 1. The minimum Gasteiger partial charge on any atom is -0.461 e. The predicted molar refractivity (Wildman–Crippen MR) is 134 cm³/mol. The monoisotopic (exact) mass is 482 g/mol. The van der Waals surface area contributed by atoms with E-state index in [2.05, 4.69) is 20.5 Å². The molecule has 0 spiro atoms. The van der Waals surface area contributed by atoms with Crippen LogP contribution in [-0.2, 0) is 9.53 Å². The topological polar surface area (TPSA) is 124 Å². The minimum absolute atomic E-state index is 0.0342. The number of carbonyl (C=O) groups is 1. The Kier molecular flexibility index (Phi) is 6.34. The van der Waals surface area contributed by atoms with E-state index >= 15 is 0 Å². The Balaban J connectivity index is 1.79. The number of fused-ring (bicyclic) bond motifs is 3. The molecule has 33 heavy (non-hydrogen) atoms. The van der Waals surface area contributed by atoms with Crippen molar-refractivity contribution in [2.45, 2.75) is 32.9 Å². The molecule has 0 atom stereocenters. The summed E-state index contributed by atoms with van der Waals surface area (Å²) in [7, 11) is 0. The maximum atomic E-state index is 13.0. The summed E-state index contributed by atoms with van der Waals surface area (Å²) in [6.07, 6.45) is 0. The normalized spacial score (nSPS) is 11.8. The van der Waals surface area contributed by atoms with E-state index in [0.717, 1.165) is 43.5 Å². The fourth-order valence-corrected chi connectivity index (χ4v) is 5.12. The van der Waals surface area contributed by atoms with Gasteiger partial charge in [-0.15, -0.1) is 11.3 Å². The fraction of sp³-hybridized carbons (Fsp3) is 0.227. The Bertz CT molecular complexity index is 1460. The Morgan fingerprint density at radius 2 is 1.97 bits per heavy atom. The largest absolute Gasteiger partial charge is 0.461 e. The number of thiophene rings is 1. The molecule has 1 aromatic carbocycles. The number of aryl methyl sites for hydroxylation is 3. The van der Waals surface area contributed by atoms with Gasteiger partial charge in [0.15, 0.2) is 5.16 Å². The molecule has 3 aromatic heterocycles. The summed E-state index contributed by atoms with van der Waals surface area (Å²) in [5, 5.41) is 5.08. The molecule has 170 valence electrons. The highest BCUT2D eigenvalue weighted by Gasteiger charge is 2.22. The molecule has 4 aromatic rings. The zero-order valence-corrected chi connectivity index (χ0v) is 20.1. The molecule has 0 saturated carbocycles. The number of nitrogens with zero attached hydrogens (tertiary/aromatic N) is 4. The fourth-order valence-electron chi connectivity index (χ4n) is 3.23. The van der Waals surface area contributed by atoms with Crippen LogP contribution in [-0.4, -0.2) is 32.3 Å². The Hall–Kier alpha value is -3.44. The first-order chi connectivity index (χ1) is 15.8. The molecule has 0 saturated heterocycles. The van der Waals surface area contributed by atoms with Gasteiger partial charge >= 0.3 is 5.97 Å². The van der Waals surface area contributed by atoms with Crippen LogP contribution in [0.2, 0.25) is 0 Å². The number of hydrogen-bond donors (Lipinski definition) is 2. The highest BCUT2D eigenvalue weighted by molar-refractivity contribution is 8.15. The van der Waals surface area contributed by atoms with Crippen molar-refractivity contribution in [1.82, 2.24) is 14.6 Å². The van der Waals surface area contributed by atoms with Gasteiger partial charge < -0.3 is 10.6 Å². The van der Waals surface area contributed by atoms with Gasteiger partial charge in [-0.1, -0.05) is 17.7 Å². The summed E-state index contributed by atoms with van der Waals surface area (Å²) in [6.45, 7) is 7.69. The van der Waals surface area contributed by atoms with Gasteiger partial charge in [0.2, 0.25) is 5.04 Å². The number of carbonyl (C=O) groups excluding carboxylic acids is 1. The van der Waals surface area contributed by atoms with Crippen molar-refractivity contribution in [3.05, 3.63) is 57.5 Å². The molecule has 0 bridgehead atoms. The highest BCUT2D eigenvalue weighted by atomic mass is 32.2. The molecule has 0 unspecified atom stereocenters. The first-order valence-corrected chi connectivity index (χ1v) is 11.8. The number of hydrogen-bond acceptors (Lipinski definition) is 10. The molecule has 0 aliphatic rings. The van der Waals surface area contributed by atoms with E-state index in [0.29, 0.717) is 15.9 Å². The number of nitrogens with two attached hydrogens (primary N) is 1. The van der Waals surface area contributed by atoms with Crippen LogP contribution in [0.25, 0.3) is 20.4 Å². The third-order valence-electron chi connectivity index (χ3n) is 4.76. The van der Waals surface area contributed by atoms with Crippen molar-refractivity contribution in [1.29, 1.82) is 0 Å². The van der Waals surface area contributed by atoms with Gasteiger partial charge in [-0.05, 0) is 63.2 Å². The molecule has 3 N–H and O–H groups in total. The number of rotatable bonds is 4. The van der Waals surface area contributed by atoms with E-state index in [1.165, 1.54) is 11.3 Å². The molecular weight excluding hydrogens is 460 g/mol. The van der Waals surface area contributed by atoms with Gasteiger partial charge in [-0.2, -0.15) is 5.10 Å². The zero-order chi connectivity index (χ0) is 23.7. The Morgan fingerprint density at radius 3 is 2.67 bits per heavy atom. The number of thioether (sulfide) groups is 1. The van der Waals surface area contributed by atoms with Gasteiger partial charge in [-0.25, -0.2) is 19.4 Å². The molecule has 4 rings (SSSR count). The molecule has 0 fully saturated rings. The second kappa shape index (κ2) is 9.20. The van der Waals surface area contributed by atoms with Crippen molar-refractivity contribution in [2.24, 2.45) is 5.10 Å². The van der Waals surface area contributed by atoms with Crippen LogP contribution >= 0.6 is 23.1 Å². The third-order valence-corrected chi connectivity index (χ3v) is 6.75. The van der Waals surface area contributed by atoms with E-state index < -0.39 is 11.5 Å². The summed E-state index contributed by atoms with van der Waals surface area (Å²) >= 11 is 2.11. The van der Waals surface area contributed by atoms with Gasteiger partial charge in [0, 0.05) is 11.1 Å². The van der Waals surface area contributed by atoms with Crippen molar-refractivity contribution in [2.75, 3.05) is 17.9 Å². The number of nitrogens with one attached hydrogen (secondary N) is 1. The lowest BCUT2D eigenvalue weighted by atomic mass is 10.1. The zero-order valence-electron chi connectivity index (χ0n) is 18.5. The van der Waals surface area contributed by atoms with Crippen molar-refractivity contribution >= 4 is 60.2 Å². The molecule has 11 heteroatoms. The van der Waals surface area contributed by atoms with E-state index in [1.807, 2.05) is 51.1 Å². The molecule has 0 aliphatic heterocycles. The van der Waals surface area contributed by atoms with Crippen molar-refractivity contribution < 1.29 is 9.53 Å². The van der Waals surface area contributed by atoms with Gasteiger partial charge in [-0.3, -0.25) is 10.2 Å². The SMILES string of the molecule is CCOC(=O)/C(=N\Nc1ccc(C)cc1)Sc1nc2c(sc3nc(C)cc(C)c32)c(=O)n1N. The lowest BCUT2D eigenvalue weighted by Gasteiger charge is -2.09. The van der Waals surface area contributed by atoms with E-state index in [9.17, 15) is 9.59 Å². The summed E-state index contributed by atoms with van der Waals surface area (Å²) in [5.41, 5.74) is 6.53. The number of benzene rings is 1. The maximum absolute atomic E-state index is 13.0. The minimum atomic E-state index is -0.653. The average molecular weight is 483 g/mol. The third kappa shape index (κ3) is 4.55. The summed E-state index contributed by atoms with van der Waals surface area (Å²) in [5.74, 6) is 5.41.